The lowest BCUT2D eigenvalue weighted by Gasteiger charge is -2.36. The zero-order chi connectivity index (χ0) is 14.4. The third-order valence-electron chi connectivity index (χ3n) is 3.99. The van der Waals surface area contributed by atoms with E-state index in [4.69, 9.17) is 9.73 Å². The van der Waals surface area contributed by atoms with Gasteiger partial charge in [0, 0.05) is 23.3 Å². The molecule has 0 amide bonds. The molecule has 0 aromatic heterocycles. The Morgan fingerprint density at radius 1 is 1.33 bits per heavy atom. The van der Waals surface area contributed by atoms with E-state index < -0.39 is 0 Å². The quantitative estimate of drug-likeness (QED) is 0.389. The molecule has 0 radical (unpaired) electrons. The predicted octanol–water partition coefficient (Wildman–Crippen LogP) is 2.87. The van der Waals surface area contributed by atoms with Crippen molar-refractivity contribution in [3.63, 3.8) is 0 Å². The Bertz CT molecular complexity index is 337. The monoisotopic (exact) mass is 427 g/mol. The van der Waals surface area contributed by atoms with E-state index in [9.17, 15) is 0 Å². The van der Waals surface area contributed by atoms with E-state index in [1.807, 2.05) is 0 Å². The van der Waals surface area contributed by atoms with Crippen LogP contribution >= 0.6 is 35.7 Å². The van der Waals surface area contributed by atoms with Crippen LogP contribution in [0.25, 0.3) is 0 Å². The van der Waals surface area contributed by atoms with Crippen molar-refractivity contribution in [2.75, 3.05) is 32.1 Å². The first-order chi connectivity index (χ1) is 9.65. The number of thioether (sulfide) groups is 1. The van der Waals surface area contributed by atoms with Crippen molar-refractivity contribution in [2.45, 2.75) is 51.3 Å². The van der Waals surface area contributed by atoms with Crippen molar-refractivity contribution in [1.29, 1.82) is 0 Å². The van der Waals surface area contributed by atoms with Gasteiger partial charge in [0.15, 0.2) is 5.96 Å². The van der Waals surface area contributed by atoms with Gasteiger partial charge >= 0.3 is 0 Å². The van der Waals surface area contributed by atoms with Crippen molar-refractivity contribution >= 4 is 41.7 Å². The number of nitrogens with one attached hydrogen (secondary N) is 2. The number of ether oxygens (including phenoxy) is 1. The minimum atomic E-state index is 0. The molecular weight excluding hydrogens is 397 g/mol. The van der Waals surface area contributed by atoms with Crippen LogP contribution in [0.15, 0.2) is 4.99 Å². The fourth-order valence-electron chi connectivity index (χ4n) is 2.78. The predicted molar refractivity (Wildman–Crippen MR) is 103 cm³/mol. The summed E-state index contributed by atoms with van der Waals surface area (Å²) in [5.41, 5.74) is 0.249. The van der Waals surface area contributed by atoms with Crippen molar-refractivity contribution in [3.05, 3.63) is 0 Å². The highest BCUT2D eigenvalue weighted by atomic mass is 127. The van der Waals surface area contributed by atoms with Crippen LogP contribution in [0.3, 0.4) is 0 Å². The van der Waals surface area contributed by atoms with Crippen molar-refractivity contribution in [2.24, 2.45) is 10.4 Å². The molecule has 0 aromatic carbocycles. The maximum absolute atomic E-state index is 5.29. The summed E-state index contributed by atoms with van der Waals surface area (Å²) in [5.74, 6) is 2.21. The molecule has 1 aliphatic heterocycles. The smallest absolute Gasteiger partial charge is 0.191 e. The number of guanidine groups is 1. The second kappa shape index (κ2) is 9.45. The molecule has 2 rings (SSSR count). The molecule has 1 aliphatic carbocycles. The molecule has 124 valence electrons. The highest BCUT2D eigenvalue weighted by molar-refractivity contribution is 14.0. The minimum Gasteiger partial charge on any atom is -0.380 e. The van der Waals surface area contributed by atoms with Gasteiger partial charge in [0.05, 0.1) is 19.8 Å². The van der Waals surface area contributed by atoms with Gasteiger partial charge in [-0.05, 0) is 31.9 Å². The number of hydrogen-bond acceptors (Lipinski definition) is 3. The third kappa shape index (κ3) is 6.14. The molecule has 0 bridgehead atoms. The van der Waals surface area contributed by atoms with E-state index in [0.717, 1.165) is 37.5 Å². The maximum atomic E-state index is 5.29. The fourth-order valence-corrected chi connectivity index (χ4v) is 3.93. The van der Waals surface area contributed by atoms with Crippen LogP contribution in [0, 0.1) is 5.41 Å². The number of nitrogens with zero attached hydrogens (tertiary/aromatic N) is 1. The van der Waals surface area contributed by atoms with Crippen LogP contribution in [0.2, 0.25) is 0 Å². The van der Waals surface area contributed by atoms with Crippen molar-refractivity contribution in [1.82, 2.24) is 10.6 Å². The van der Waals surface area contributed by atoms with Crippen LogP contribution in [-0.2, 0) is 4.74 Å². The zero-order valence-corrected chi connectivity index (χ0v) is 16.6. The maximum Gasteiger partial charge on any atom is 0.191 e. The first kappa shape index (κ1) is 19.4. The largest absolute Gasteiger partial charge is 0.380 e. The minimum absolute atomic E-state index is 0. The molecule has 1 heterocycles. The van der Waals surface area contributed by atoms with Crippen LogP contribution in [0.5, 0.6) is 0 Å². The Labute approximate surface area is 150 Å². The van der Waals surface area contributed by atoms with Gasteiger partial charge in [-0.1, -0.05) is 13.8 Å². The first-order valence-electron chi connectivity index (χ1n) is 7.89. The third-order valence-corrected chi connectivity index (χ3v) is 5.22. The van der Waals surface area contributed by atoms with Gasteiger partial charge in [0.25, 0.3) is 0 Å². The van der Waals surface area contributed by atoms with E-state index in [1.54, 1.807) is 0 Å². The summed E-state index contributed by atoms with van der Waals surface area (Å²) in [4.78, 5) is 4.75. The molecular formula is C15H30IN3OS. The summed E-state index contributed by atoms with van der Waals surface area (Å²) in [6, 6.07) is 0.585. The normalized spacial score (nSPS) is 27.7. The molecule has 0 aromatic rings. The van der Waals surface area contributed by atoms with E-state index in [1.165, 1.54) is 25.0 Å². The van der Waals surface area contributed by atoms with Gasteiger partial charge in [0.2, 0.25) is 0 Å². The average molecular weight is 427 g/mol. The molecule has 1 saturated heterocycles. The van der Waals surface area contributed by atoms with Gasteiger partial charge in [-0.2, -0.15) is 11.8 Å². The lowest BCUT2D eigenvalue weighted by atomic mass is 9.89. The van der Waals surface area contributed by atoms with Gasteiger partial charge in [-0.25, -0.2) is 0 Å². The summed E-state index contributed by atoms with van der Waals surface area (Å²) in [6.07, 6.45) is 3.87. The van der Waals surface area contributed by atoms with Crippen LogP contribution in [0.4, 0.5) is 0 Å². The van der Waals surface area contributed by atoms with Crippen LogP contribution in [-0.4, -0.2) is 49.3 Å². The molecule has 21 heavy (non-hydrogen) atoms. The van der Waals surface area contributed by atoms with Gasteiger partial charge < -0.3 is 15.4 Å². The Kier molecular flexibility index (Phi) is 8.71. The van der Waals surface area contributed by atoms with Gasteiger partial charge in [-0.3, -0.25) is 4.99 Å². The summed E-state index contributed by atoms with van der Waals surface area (Å²) in [6.45, 7) is 10.1. The van der Waals surface area contributed by atoms with E-state index in [-0.39, 0.29) is 29.4 Å². The first-order valence-corrected chi connectivity index (χ1v) is 8.94. The topological polar surface area (TPSA) is 45.7 Å². The molecule has 2 aliphatic rings. The van der Waals surface area contributed by atoms with Gasteiger partial charge in [-0.15, -0.1) is 24.0 Å². The number of halogens is 1. The van der Waals surface area contributed by atoms with E-state index in [2.05, 4.69) is 43.2 Å². The molecule has 2 atom stereocenters. The fraction of sp³-hybridized carbons (Fsp3) is 0.933. The number of aliphatic imine (C=N–C) groups is 1. The number of rotatable bonds is 6. The van der Waals surface area contributed by atoms with Crippen LogP contribution in [0.1, 0.15) is 40.0 Å². The summed E-state index contributed by atoms with van der Waals surface area (Å²) >= 11 is 2.10. The average Bonchev–Trinajstić information content (AvgIpc) is 2.82. The molecule has 2 N–H and O–H groups in total. The molecule has 0 spiro atoms. The van der Waals surface area contributed by atoms with Crippen LogP contribution < -0.4 is 10.6 Å². The SMILES string of the molecule is CCNC(=NCC1(C)COC1)NC1CCC(SCC)C1.I. The van der Waals surface area contributed by atoms with E-state index >= 15 is 0 Å². The zero-order valence-electron chi connectivity index (χ0n) is 13.5. The lowest BCUT2D eigenvalue weighted by molar-refractivity contribution is -0.0945. The van der Waals surface area contributed by atoms with Crippen molar-refractivity contribution in [3.8, 4) is 0 Å². The Hall–Kier alpha value is 0.310. The standard InChI is InChI=1S/C15H29N3OS.HI/c1-4-16-14(17-9-15(3)10-19-11-15)18-12-6-7-13(8-12)20-5-2;/h12-13H,4-11H2,1-3H3,(H2,16,17,18);1H. The highest BCUT2D eigenvalue weighted by Gasteiger charge is 2.33. The number of hydrogen-bond donors (Lipinski definition) is 2. The Morgan fingerprint density at radius 3 is 2.67 bits per heavy atom. The summed E-state index contributed by atoms with van der Waals surface area (Å²) in [7, 11) is 0. The lowest BCUT2D eigenvalue weighted by Crippen LogP contribution is -2.46. The summed E-state index contributed by atoms with van der Waals surface area (Å²) in [5, 5.41) is 7.81. The molecule has 1 saturated carbocycles. The van der Waals surface area contributed by atoms with Crippen molar-refractivity contribution < 1.29 is 4.74 Å². The molecule has 2 unspecified atom stereocenters. The highest BCUT2D eigenvalue weighted by Crippen LogP contribution is 2.30. The molecule has 2 fully saturated rings. The molecule has 6 heteroatoms. The summed E-state index contributed by atoms with van der Waals surface area (Å²) < 4.78 is 5.29. The molecule has 4 nitrogen and oxygen atoms in total. The Morgan fingerprint density at radius 2 is 2.10 bits per heavy atom. The van der Waals surface area contributed by atoms with E-state index in [0.29, 0.717) is 6.04 Å². The Balaban J connectivity index is 0.00000220. The second-order valence-electron chi connectivity index (χ2n) is 6.23. The van der Waals surface area contributed by atoms with Gasteiger partial charge in [0.1, 0.15) is 0 Å². The second-order valence-corrected chi connectivity index (χ2v) is 7.81.